The summed E-state index contributed by atoms with van der Waals surface area (Å²) in [6.45, 7) is 6.33. The molecule has 1 aliphatic heterocycles. The fourth-order valence-electron chi connectivity index (χ4n) is 4.30. The van der Waals surface area contributed by atoms with Crippen LogP contribution in [0.1, 0.15) is 50.8 Å². The van der Waals surface area contributed by atoms with Crippen molar-refractivity contribution in [3.8, 4) is 0 Å². The van der Waals surface area contributed by atoms with E-state index in [2.05, 4.69) is 28.7 Å². The van der Waals surface area contributed by atoms with Gasteiger partial charge in [-0.25, -0.2) is 22.7 Å². The lowest BCUT2D eigenvalue weighted by Gasteiger charge is -2.38. The van der Waals surface area contributed by atoms with Gasteiger partial charge >= 0.3 is 0 Å². The van der Waals surface area contributed by atoms with Gasteiger partial charge in [0.25, 0.3) is 0 Å². The third-order valence-electron chi connectivity index (χ3n) is 5.97. The standard InChI is InChI=1S/C19H31ClN4O3S/c1-19(2)9-5-8-15-16(19)21-18(20)22-17(15)24-10-6-7-14(13-24)28(25,26)23(3)11-12-27-4/h14H,5-13H2,1-4H3. The third-order valence-corrected chi connectivity index (χ3v) is 8.42. The van der Waals surface area contributed by atoms with Gasteiger partial charge in [0, 0.05) is 44.8 Å². The summed E-state index contributed by atoms with van der Waals surface area (Å²) in [6, 6.07) is 0. The molecule has 1 aromatic rings. The Morgan fingerprint density at radius 3 is 2.79 bits per heavy atom. The van der Waals surface area contributed by atoms with E-state index in [-0.39, 0.29) is 10.7 Å². The monoisotopic (exact) mass is 430 g/mol. The number of nitrogens with zero attached hydrogens (tertiary/aromatic N) is 4. The average molecular weight is 431 g/mol. The van der Waals surface area contributed by atoms with Crippen molar-refractivity contribution in [2.75, 3.05) is 45.3 Å². The molecule has 0 radical (unpaired) electrons. The lowest BCUT2D eigenvalue weighted by atomic mass is 9.76. The number of halogens is 1. The molecule has 2 heterocycles. The molecule has 1 fully saturated rings. The number of aromatic nitrogens is 2. The van der Waals surface area contributed by atoms with Crippen molar-refractivity contribution in [2.24, 2.45) is 0 Å². The van der Waals surface area contributed by atoms with Crippen LogP contribution in [0.25, 0.3) is 0 Å². The summed E-state index contributed by atoms with van der Waals surface area (Å²) in [4.78, 5) is 11.2. The predicted molar refractivity (Wildman–Crippen MR) is 112 cm³/mol. The maximum atomic E-state index is 13.0. The molecule has 28 heavy (non-hydrogen) atoms. The van der Waals surface area contributed by atoms with Crippen LogP contribution in [-0.4, -0.2) is 68.3 Å². The molecule has 0 spiro atoms. The highest BCUT2D eigenvalue weighted by atomic mass is 35.5. The molecule has 158 valence electrons. The molecule has 0 bridgehead atoms. The van der Waals surface area contributed by atoms with E-state index < -0.39 is 15.3 Å². The van der Waals surface area contributed by atoms with Gasteiger partial charge in [0.1, 0.15) is 5.82 Å². The first-order valence-corrected chi connectivity index (χ1v) is 11.8. The average Bonchev–Trinajstić information content (AvgIpc) is 2.66. The molecular weight excluding hydrogens is 400 g/mol. The Kier molecular flexibility index (Phi) is 6.54. The number of methoxy groups -OCH3 is 1. The highest BCUT2D eigenvalue weighted by molar-refractivity contribution is 7.89. The molecule has 1 atom stereocenters. The topological polar surface area (TPSA) is 75.6 Å². The van der Waals surface area contributed by atoms with Crippen LogP contribution < -0.4 is 4.90 Å². The molecule has 7 nitrogen and oxygen atoms in total. The third kappa shape index (κ3) is 4.30. The van der Waals surface area contributed by atoms with Gasteiger partial charge in [0.2, 0.25) is 15.3 Å². The van der Waals surface area contributed by atoms with Crippen LogP contribution in [0.3, 0.4) is 0 Å². The second-order valence-electron chi connectivity index (χ2n) is 8.45. The Bertz CT molecular complexity index is 816. The van der Waals surface area contributed by atoms with Crippen molar-refractivity contribution in [3.05, 3.63) is 16.5 Å². The van der Waals surface area contributed by atoms with Crippen molar-refractivity contribution in [1.29, 1.82) is 0 Å². The molecule has 1 aromatic heterocycles. The molecular formula is C19H31ClN4O3S. The van der Waals surface area contributed by atoms with Gasteiger partial charge in [0.15, 0.2) is 0 Å². The van der Waals surface area contributed by atoms with Crippen molar-refractivity contribution in [2.45, 2.75) is 56.6 Å². The molecule has 3 rings (SSSR count). The predicted octanol–water partition coefficient (Wildman–Crippen LogP) is 2.62. The molecule has 0 saturated carbocycles. The fraction of sp³-hybridized carbons (Fsp3) is 0.789. The fourth-order valence-corrected chi connectivity index (χ4v) is 6.13. The zero-order valence-corrected chi connectivity index (χ0v) is 18.8. The summed E-state index contributed by atoms with van der Waals surface area (Å²) < 4.78 is 32.5. The van der Waals surface area contributed by atoms with Gasteiger partial charge in [-0.3, -0.25) is 0 Å². The van der Waals surface area contributed by atoms with E-state index in [0.29, 0.717) is 26.1 Å². The Hall–Kier alpha value is -0.960. The number of piperidine rings is 1. The summed E-state index contributed by atoms with van der Waals surface area (Å²) >= 11 is 6.27. The zero-order chi connectivity index (χ0) is 20.5. The van der Waals surface area contributed by atoms with Crippen LogP contribution >= 0.6 is 11.6 Å². The number of hydrogen-bond donors (Lipinski definition) is 0. The number of fused-ring (bicyclic) bond motifs is 1. The molecule has 2 aliphatic rings. The van der Waals surface area contributed by atoms with Gasteiger partial charge in [-0.2, -0.15) is 0 Å². The number of anilines is 1. The van der Waals surface area contributed by atoms with Crippen molar-refractivity contribution in [1.82, 2.24) is 14.3 Å². The Balaban J connectivity index is 1.88. The minimum absolute atomic E-state index is 0.0451. The van der Waals surface area contributed by atoms with Crippen LogP contribution in [0.15, 0.2) is 0 Å². The van der Waals surface area contributed by atoms with Crippen LogP contribution in [0.5, 0.6) is 0 Å². The maximum absolute atomic E-state index is 13.0. The van der Waals surface area contributed by atoms with E-state index in [9.17, 15) is 8.42 Å². The van der Waals surface area contributed by atoms with Crippen molar-refractivity contribution in [3.63, 3.8) is 0 Å². The molecule has 1 saturated heterocycles. The normalized spacial score (nSPS) is 22.4. The number of hydrogen-bond acceptors (Lipinski definition) is 6. The Morgan fingerprint density at radius 1 is 1.32 bits per heavy atom. The Labute approximate surface area is 173 Å². The van der Waals surface area contributed by atoms with Crippen LogP contribution in [0.4, 0.5) is 5.82 Å². The summed E-state index contributed by atoms with van der Waals surface area (Å²) in [5.41, 5.74) is 2.10. The quantitative estimate of drug-likeness (QED) is 0.646. The Morgan fingerprint density at radius 2 is 2.07 bits per heavy atom. The number of ether oxygens (including phenoxy) is 1. The van der Waals surface area contributed by atoms with Crippen LogP contribution in [0, 0.1) is 0 Å². The summed E-state index contributed by atoms with van der Waals surface area (Å²) in [6.07, 6.45) is 4.51. The van der Waals surface area contributed by atoms with E-state index in [1.807, 2.05) is 0 Å². The first-order chi connectivity index (χ1) is 13.2. The first kappa shape index (κ1) is 21.7. The second-order valence-corrected chi connectivity index (χ2v) is 11.1. The largest absolute Gasteiger partial charge is 0.383 e. The lowest BCUT2D eigenvalue weighted by Crippen LogP contribution is -2.48. The highest BCUT2D eigenvalue weighted by Crippen LogP contribution is 2.40. The van der Waals surface area contributed by atoms with Crippen LogP contribution in [-0.2, 0) is 26.6 Å². The molecule has 1 unspecified atom stereocenters. The van der Waals surface area contributed by atoms with Crippen molar-refractivity contribution >= 4 is 27.4 Å². The molecule has 0 amide bonds. The molecule has 1 aliphatic carbocycles. The summed E-state index contributed by atoms with van der Waals surface area (Å²) in [5, 5.41) is -0.213. The lowest BCUT2D eigenvalue weighted by molar-refractivity contribution is 0.184. The van der Waals surface area contributed by atoms with E-state index in [4.69, 9.17) is 16.3 Å². The second kappa shape index (κ2) is 8.42. The van der Waals surface area contributed by atoms with E-state index in [0.717, 1.165) is 49.3 Å². The highest BCUT2D eigenvalue weighted by Gasteiger charge is 2.37. The number of likely N-dealkylation sites (N-methyl/N-ethyl adjacent to an activating group) is 1. The minimum atomic E-state index is -3.39. The van der Waals surface area contributed by atoms with Gasteiger partial charge in [-0.15, -0.1) is 0 Å². The van der Waals surface area contributed by atoms with Gasteiger partial charge in [-0.05, 0) is 43.7 Å². The molecule has 0 aromatic carbocycles. The van der Waals surface area contributed by atoms with Crippen LogP contribution in [0.2, 0.25) is 5.28 Å². The van der Waals surface area contributed by atoms with E-state index in [1.165, 1.54) is 4.31 Å². The minimum Gasteiger partial charge on any atom is -0.383 e. The zero-order valence-electron chi connectivity index (χ0n) is 17.2. The van der Waals surface area contributed by atoms with Gasteiger partial charge in [-0.1, -0.05) is 13.8 Å². The first-order valence-electron chi connectivity index (χ1n) is 9.93. The van der Waals surface area contributed by atoms with Gasteiger partial charge < -0.3 is 9.64 Å². The number of sulfonamides is 1. The molecule has 0 N–H and O–H groups in total. The SMILES string of the molecule is COCCN(C)S(=O)(=O)C1CCCN(c2nc(Cl)nc3c2CCCC3(C)C)C1. The van der Waals surface area contributed by atoms with E-state index >= 15 is 0 Å². The summed E-state index contributed by atoms with van der Waals surface area (Å²) in [7, 11) is -0.194. The number of rotatable bonds is 6. The van der Waals surface area contributed by atoms with Gasteiger partial charge in [0.05, 0.1) is 17.6 Å². The smallest absolute Gasteiger partial charge is 0.224 e. The van der Waals surface area contributed by atoms with E-state index in [1.54, 1.807) is 14.2 Å². The maximum Gasteiger partial charge on any atom is 0.224 e. The molecule has 9 heteroatoms. The van der Waals surface area contributed by atoms with Crippen molar-refractivity contribution < 1.29 is 13.2 Å². The summed E-state index contributed by atoms with van der Waals surface area (Å²) in [5.74, 6) is 0.821.